The fourth-order valence-electron chi connectivity index (χ4n) is 2.67. The van der Waals surface area contributed by atoms with Crippen LogP contribution in [-0.4, -0.2) is 59.5 Å². The van der Waals surface area contributed by atoms with Crippen LogP contribution in [0.25, 0.3) is 0 Å². The first kappa shape index (κ1) is 19.9. The molecule has 142 valence electrons. The molecule has 2 aromatic rings. The number of ether oxygens (including phenoxy) is 1. The second kappa shape index (κ2) is 11.3. The molecule has 0 radical (unpaired) electrons. The molecule has 0 amide bonds. The Kier molecular flexibility index (Phi) is 8.62. The number of rotatable bonds is 10. The van der Waals surface area contributed by atoms with E-state index in [-0.39, 0.29) is 0 Å². The number of methoxy groups -OCH3 is 1. The van der Waals surface area contributed by atoms with Crippen molar-refractivity contribution < 1.29 is 4.74 Å². The zero-order valence-corrected chi connectivity index (χ0v) is 16.1. The lowest BCUT2D eigenvalue weighted by molar-refractivity contribution is 0.197. The topological polar surface area (TPSA) is 67.6 Å². The molecule has 0 bridgehead atoms. The van der Waals surface area contributed by atoms with E-state index in [1.807, 2.05) is 6.07 Å². The summed E-state index contributed by atoms with van der Waals surface area (Å²) in [4.78, 5) is 6.88. The van der Waals surface area contributed by atoms with Crippen molar-refractivity contribution in [2.45, 2.75) is 32.9 Å². The van der Waals surface area contributed by atoms with Crippen molar-refractivity contribution in [1.82, 2.24) is 25.0 Å². The summed E-state index contributed by atoms with van der Waals surface area (Å²) in [6, 6.07) is 10.4. The van der Waals surface area contributed by atoms with Crippen molar-refractivity contribution in [3.8, 4) is 0 Å². The summed E-state index contributed by atoms with van der Waals surface area (Å²) in [5, 5.41) is 11.6. The SMILES string of the molecule is CCc1nncn1CCNC(=NCCCOC)N(C)Cc1ccccc1. The van der Waals surface area contributed by atoms with Crippen molar-refractivity contribution in [2.75, 3.05) is 33.9 Å². The summed E-state index contributed by atoms with van der Waals surface area (Å²) in [7, 11) is 3.78. The normalized spacial score (nSPS) is 11.6. The minimum atomic E-state index is 0.722. The Hall–Kier alpha value is -2.41. The van der Waals surface area contributed by atoms with Gasteiger partial charge < -0.3 is 19.5 Å². The van der Waals surface area contributed by atoms with Gasteiger partial charge in [-0.15, -0.1) is 10.2 Å². The molecule has 0 unspecified atom stereocenters. The minimum absolute atomic E-state index is 0.722. The summed E-state index contributed by atoms with van der Waals surface area (Å²) < 4.78 is 7.19. The van der Waals surface area contributed by atoms with Gasteiger partial charge in [0.2, 0.25) is 0 Å². The molecule has 1 aromatic heterocycles. The highest BCUT2D eigenvalue weighted by molar-refractivity contribution is 5.79. The van der Waals surface area contributed by atoms with Crippen molar-refractivity contribution in [1.29, 1.82) is 0 Å². The molecule has 0 spiro atoms. The molecule has 0 fully saturated rings. The van der Waals surface area contributed by atoms with Crippen LogP contribution >= 0.6 is 0 Å². The van der Waals surface area contributed by atoms with Gasteiger partial charge >= 0.3 is 0 Å². The first-order valence-corrected chi connectivity index (χ1v) is 9.13. The number of benzene rings is 1. The fraction of sp³-hybridized carbons (Fsp3) is 0.526. The van der Waals surface area contributed by atoms with Crippen molar-refractivity contribution in [3.05, 3.63) is 48.0 Å². The number of nitrogens with zero attached hydrogens (tertiary/aromatic N) is 5. The molecule has 26 heavy (non-hydrogen) atoms. The molecule has 0 aliphatic rings. The molecule has 0 saturated heterocycles. The smallest absolute Gasteiger partial charge is 0.194 e. The van der Waals surface area contributed by atoms with Crippen LogP contribution in [0.1, 0.15) is 24.7 Å². The predicted molar refractivity (Wildman–Crippen MR) is 104 cm³/mol. The Morgan fingerprint density at radius 3 is 2.85 bits per heavy atom. The highest BCUT2D eigenvalue weighted by Crippen LogP contribution is 2.03. The summed E-state index contributed by atoms with van der Waals surface area (Å²) in [5.74, 6) is 1.90. The number of aliphatic imine (C=N–C) groups is 1. The van der Waals surface area contributed by atoms with Gasteiger partial charge in [-0.05, 0) is 12.0 Å². The van der Waals surface area contributed by atoms with E-state index >= 15 is 0 Å². The van der Waals surface area contributed by atoms with Gasteiger partial charge in [-0.1, -0.05) is 37.3 Å². The lowest BCUT2D eigenvalue weighted by Gasteiger charge is -2.23. The highest BCUT2D eigenvalue weighted by Gasteiger charge is 2.08. The Morgan fingerprint density at radius 1 is 1.31 bits per heavy atom. The first-order chi connectivity index (χ1) is 12.7. The maximum atomic E-state index is 5.11. The van der Waals surface area contributed by atoms with Crippen LogP contribution in [0.4, 0.5) is 0 Å². The maximum Gasteiger partial charge on any atom is 0.194 e. The zero-order chi connectivity index (χ0) is 18.6. The number of nitrogens with one attached hydrogen (secondary N) is 1. The van der Waals surface area contributed by atoms with E-state index in [0.29, 0.717) is 0 Å². The van der Waals surface area contributed by atoms with E-state index in [2.05, 4.69) is 63.2 Å². The van der Waals surface area contributed by atoms with E-state index in [0.717, 1.165) is 57.4 Å². The van der Waals surface area contributed by atoms with Gasteiger partial charge in [-0.2, -0.15) is 0 Å². The number of hydrogen-bond donors (Lipinski definition) is 1. The van der Waals surface area contributed by atoms with Crippen molar-refractivity contribution in [2.24, 2.45) is 4.99 Å². The number of aromatic nitrogens is 3. The standard InChI is InChI=1S/C19H30N6O/c1-4-18-23-22-16-25(18)13-12-21-19(20-11-8-14-26-3)24(2)15-17-9-6-5-7-10-17/h5-7,9-10,16H,4,8,11-15H2,1-3H3,(H,20,21). The van der Waals surface area contributed by atoms with Crippen LogP contribution < -0.4 is 5.32 Å². The van der Waals surface area contributed by atoms with Gasteiger partial charge in [-0.25, -0.2) is 0 Å². The van der Waals surface area contributed by atoms with E-state index in [4.69, 9.17) is 9.73 Å². The molecular formula is C19H30N6O. The average Bonchev–Trinajstić information content (AvgIpc) is 3.12. The highest BCUT2D eigenvalue weighted by atomic mass is 16.5. The van der Waals surface area contributed by atoms with E-state index in [1.54, 1.807) is 13.4 Å². The first-order valence-electron chi connectivity index (χ1n) is 9.13. The third-order valence-electron chi connectivity index (χ3n) is 4.04. The third kappa shape index (κ3) is 6.48. The molecule has 1 aromatic carbocycles. The van der Waals surface area contributed by atoms with Gasteiger partial charge in [0.15, 0.2) is 5.96 Å². The average molecular weight is 358 g/mol. The molecule has 0 saturated carbocycles. The maximum absolute atomic E-state index is 5.11. The van der Waals surface area contributed by atoms with Crippen molar-refractivity contribution >= 4 is 5.96 Å². The molecular weight excluding hydrogens is 328 g/mol. The molecule has 0 aliphatic carbocycles. The molecule has 7 heteroatoms. The van der Waals surface area contributed by atoms with Crippen LogP contribution in [0.5, 0.6) is 0 Å². The third-order valence-corrected chi connectivity index (χ3v) is 4.04. The summed E-state index contributed by atoms with van der Waals surface area (Å²) in [6.07, 6.45) is 3.57. The van der Waals surface area contributed by atoms with Crippen LogP contribution in [0.2, 0.25) is 0 Å². The summed E-state index contributed by atoms with van der Waals surface area (Å²) in [6.45, 7) is 5.94. The van der Waals surface area contributed by atoms with Gasteiger partial charge in [0.25, 0.3) is 0 Å². The Morgan fingerprint density at radius 2 is 2.12 bits per heavy atom. The Labute approximate surface area is 156 Å². The predicted octanol–water partition coefficient (Wildman–Crippen LogP) is 1.95. The Balaban J connectivity index is 1.93. The monoisotopic (exact) mass is 358 g/mol. The van der Waals surface area contributed by atoms with Crippen LogP contribution in [0, 0.1) is 0 Å². The van der Waals surface area contributed by atoms with Crippen LogP contribution in [-0.2, 0) is 24.2 Å². The van der Waals surface area contributed by atoms with E-state index in [9.17, 15) is 0 Å². The van der Waals surface area contributed by atoms with Crippen LogP contribution in [0.15, 0.2) is 41.7 Å². The second-order valence-electron chi connectivity index (χ2n) is 6.11. The lowest BCUT2D eigenvalue weighted by atomic mass is 10.2. The van der Waals surface area contributed by atoms with E-state index < -0.39 is 0 Å². The van der Waals surface area contributed by atoms with E-state index in [1.165, 1.54) is 5.56 Å². The molecule has 1 N–H and O–H groups in total. The quantitative estimate of drug-likeness (QED) is 0.399. The number of aryl methyl sites for hydroxylation is 1. The van der Waals surface area contributed by atoms with Crippen molar-refractivity contribution in [3.63, 3.8) is 0 Å². The molecule has 0 atom stereocenters. The fourth-order valence-corrected chi connectivity index (χ4v) is 2.67. The molecule has 1 heterocycles. The van der Waals surface area contributed by atoms with Gasteiger partial charge in [0, 0.05) is 53.4 Å². The van der Waals surface area contributed by atoms with Crippen LogP contribution in [0.3, 0.4) is 0 Å². The number of guanidine groups is 1. The van der Waals surface area contributed by atoms with Gasteiger partial charge in [-0.3, -0.25) is 4.99 Å². The molecule has 0 aliphatic heterocycles. The number of hydrogen-bond acceptors (Lipinski definition) is 4. The molecule has 7 nitrogen and oxygen atoms in total. The zero-order valence-electron chi connectivity index (χ0n) is 16.1. The summed E-state index contributed by atoms with van der Waals surface area (Å²) >= 11 is 0. The molecule has 2 rings (SSSR count). The van der Waals surface area contributed by atoms with Gasteiger partial charge in [0.05, 0.1) is 0 Å². The lowest BCUT2D eigenvalue weighted by Crippen LogP contribution is -2.40. The minimum Gasteiger partial charge on any atom is -0.385 e. The van der Waals surface area contributed by atoms with Gasteiger partial charge in [0.1, 0.15) is 12.2 Å². The summed E-state index contributed by atoms with van der Waals surface area (Å²) in [5.41, 5.74) is 1.26. The second-order valence-corrected chi connectivity index (χ2v) is 6.11. The Bertz CT molecular complexity index is 655. The largest absolute Gasteiger partial charge is 0.385 e.